The van der Waals surface area contributed by atoms with Crippen molar-refractivity contribution in [2.24, 2.45) is 5.92 Å². The first-order valence-electron chi connectivity index (χ1n) is 11.2. The molecule has 0 radical (unpaired) electrons. The van der Waals surface area contributed by atoms with E-state index in [0.29, 0.717) is 25.3 Å². The van der Waals surface area contributed by atoms with Gasteiger partial charge in [-0.1, -0.05) is 0 Å². The first kappa shape index (κ1) is 23.3. The Morgan fingerprint density at radius 2 is 1.70 bits per heavy atom. The Hall–Kier alpha value is -1.35. The summed E-state index contributed by atoms with van der Waals surface area (Å²) < 4.78 is 29.3. The summed E-state index contributed by atoms with van der Waals surface area (Å²) in [4.78, 5) is 28.8. The van der Waals surface area contributed by atoms with E-state index in [9.17, 15) is 18.0 Å². The quantitative estimate of drug-likeness (QED) is 0.718. The summed E-state index contributed by atoms with van der Waals surface area (Å²) in [6.45, 7) is 7.68. The maximum absolute atomic E-state index is 12.8. The van der Waals surface area contributed by atoms with E-state index in [-0.39, 0.29) is 47.6 Å². The number of fused-ring (bicyclic) bond motifs is 1. The van der Waals surface area contributed by atoms with Crippen LogP contribution in [0.15, 0.2) is 0 Å². The minimum atomic E-state index is -2.99. The lowest BCUT2D eigenvalue weighted by atomic mass is 9.78. The maximum Gasteiger partial charge on any atom is 0.411 e. The van der Waals surface area contributed by atoms with Gasteiger partial charge < -0.3 is 9.64 Å². The molecule has 1 N–H and O–H groups in total. The van der Waals surface area contributed by atoms with Crippen molar-refractivity contribution in [3.63, 3.8) is 0 Å². The predicted octanol–water partition coefficient (Wildman–Crippen LogP) is 2.13. The fourth-order valence-electron chi connectivity index (χ4n) is 5.62. The van der Waals surface area contributed by atoms with Crippen LogP contribution in [0.4, 0.5) is 4.79 Å². The van der Waals surface area contributed by atoms with Crippen LogP contribution in [-0.4, -0.2) is 78.7 Å². The van der Waals surface area contributed by atoms with Gasteiger partial charge in [-0.2, -0.15) is 0 Å². The molecule has 2 aliphatic heterocycles. The number of nitrogens with zero attached hydrogens (tertiary/aromatic N) is 2. The number of carbonyl (C=O) groups is 2. The van der Waals surface area contributed by atoms with Crippen molar-refractivity contribution in [2.45, 2.75) is 102 Å². The number of hydrogen-bond donors (Lipinski definition) is 1. The molecule has 0 aromatic rings. The highest BCUT2D eigenvalue weighted by Crippen LogP contribution is 2.36. The first-order chi connectivity index (χ1) is 14.0. The minimum absolute atomic E-state index is 0.0308. The summed E-state index contributed by atoms with van der Waals surface area (Å²) >= 11 is 0. The van der Waals surface area contributed by atoms with Crippen LogP contribution in [-0.2, 0) is 19.4 Å². The van der Waals surface area contributed by atoms with Crippen molar-refractivity contribution in [1.82, 2.24) is 15.1 Å². The number of nitrogens with one attached hydrogen (secondary N) is 1. The van der Waals surface area contributed by atoms with Crippen molar-refractivity contribution < 1.29 is 22.7 Å². The predicted molar refractivity (Wildman–Crippen MR) is 115 cm³/mol. The molecule has 2 heterocycles. The largest absolute Gasteiger partial charge is 0.447 e. The van der Waals surface area contributed by atoms with Gasteiger partial charge in [0.25, 0.3) is 0 Å². The molecular formula is C21H37N3O5S. The summed E-state index contributed by atoms with van der Waals surface area (Å²) in [5, 5.41) is 3.44. The third-order valence-corrected chi connectivity index (χ3v) is 8.66. The summed E-state index contributed by atoms with van der Waals surface area (Å²) in [5.74, 6) is 0.417. The van der Waals surface area contributed by atoms with Gasteiger partial charge in [0.1, 0.15) is 16.0 Å². The zero-order valence-electron chi connectivity index (χ0n) is 18.8. The maximum atomic E-state index is 12.8. The third-order valence-electron chi connectivity index (χ3n) is 6.98. The molecule has 2 saturated heterocycles. The van der Waals surface area contributed by atoms with Gasteiger partial charge in [0.15, 0.2) is 0 Å². The second kappa shape index (κ2) is 9.02. The normalized spacial score (nSPS) is 35.1. The van der Waals surface area contributed by atoms with E-state index in [4.69, 9.17) is 4.74 Å². The first-order valence-corrected chi connectivity index (χ1v) is 13.2. The van der Waals surface area contributed by atoms with Crippen LogP contribution in [0, 0.1) is 5.92 Å². The second-order valence-corrected chi connectivity index (χ2v) is 11.9. The lowest BCUT2D eigenvalue weighted by Crippen LogP contribution is -2.73. The SMILES string of the molecule is CC(=O)N1C2CCC(C3CCC(S(C)(=O)=O)CC3)NC2N(C(=O)OC(C)C)C[C@@H]1C. The Morgan fingerprint density at radius 1 is 1.07 bits per heavy atom. The van der Waals surface area contributed by atoms with E-state index in [0.717, 1.165) is 25.7 Å². The molecule has 9 heteroatoms. The Kier molecular flexibility index (Phi) is 7.01. The van der Waals surface area contributed by atoms with Gasteiger partial charge in [-0.3, -0.25) is 15.0 Å². The molecular weight excluding hydrogens is 406 g/mol. The van der Waals surface area contributed by atoms with E-state index in [1.54, 1.807) is 11.8 Å². The fourth-order valence-corrected chi connectivity index (χ4v) is 6.74. The Balaban J connectivity index is 1.74. The van der Waals surface area contributed by atoms with Gasteiger partial charge in [-0.15, -0.1) is 0 Å². The van der Waals surface area contributed by atoms with Gasteiger partial charge in [0, 0.05) is 31.8 Å². The number of piperidine rings is 1. The molecule has 30 heavy (non-hydrogen) atoms. The van der Waals surface area contributed by atoms with Crippen LogP contribution in [0.5, 0.6) is 0 Å². The molecule has 3 rings (SSSR count). The molecule has 3 aliphatic rings. The number of hydrogen-bond acceptors (Lipinski definition) is 6. The molecule has 0 aromatic carbocycles. The van der Waals surface area contributed by atoms with Crippen LogP contribution in [0.3, 0.4) is 0 Å². The highest BCUT2D eigenvalue weighted by molar-refractivity contribution is 7.91. The molecule has 0 spiro atoms. The average Bonchev–Trinajstić information content (AvgIpc) is 2.65. The van der Waals surface area contributed by atoms with Crippen molar-refractivity contribution in [2.75, 3.05) is 12.8 Å². The molecule has 3 fully saturated rings. The Morgan fingerprint density at radius 3 is 2.23 bits per heavy atom. The Bertz CT molecular complexity index is 748. The second-order valence-electron chi connectivity index (χ2n) is 9.59. The number of amides is 2. The molecule has 3 unspecified atom stereocenters. The number of carbonyl (C=O) groups excluding carboxylic acids is 2. The molecule has 4 atom stereocenters. The van der Waals surface area contributed by atoms with Crippen LogP contribution in [0.2, 0.25) is 0 Å². The summed E-state index contributed by atoms with van der Waals surface area (Å²) in [7, 11) is -2.99. The number of sulfone groups is 1. The zero-order chi connectivity index (χ0) is 22.2. The fraction of sp³-hybridized carbons (Fsp3) is 0.905. The summed E-state index contributed by atoms with van der Waals surface area (Å²) in [6, 6.07) is 0.0740. The minimum Gasteiger partial charge on any atom is -0.447 e. The van der Waals surface area contributed by atoms with Crippen molar-refractivity contribution in [1.29, 1.82) is 0 Å². The van der Waals surface area contributed by atoms with Gasteiger partial charge in [0.05, 0.1) is 17.4 Å². The summed E-state index contributed by atoms with van der Waals surface area (Å²) in [6.07, 6.45) is 5.39. The lowest BCUT2D eigenvalue weighted by molar-refractivity contribution is -0.143. The molecule has 2 amide bonds. The van der Waals surface area contributed by atoms with Crippen LogP contribution >= 0.6 is 0 Å². The monoisotopic (exact) mass is 443 g/mol. The van der Waals surface area contributed by atoms with Crippen LogP contribution in [0.25, 0.3) is 0 Å². The zero-order valence-corrected chi connectivity index (χ0v) is 19.7. The molecule has 1 saturated carbocycles. The van der Waals surface area contributed by atoms with Crippen LogP contribution < -0.4 is 5.32 Å². The van der Waals surface area contributed by atoms with Gasteiger partial charge in [0.2, 0.25) is 5.91 Å². The lowest BCUT2D eigenvalue weighted by Gasteiger charge is -2.54. The van der Waals surface area contributed by atoms with Crippen LogP contribution in [0.1, 0.15) is 66.2 Å². The topological polar surface area (TPSA) is 96.0 Å². The van der Waals surface area contributed by atoms with E-state index in [1.165, 1.54) is 6.26 Å². The third kappa shape index (κ3) is 4.93. The number of ether oxygens (including phenoxy) is 1. The van der Waals surface area contributed by atoms with Gasteiger partial charge in [-0.25, -0.2) is 13.2 Å². The smallest absolute Gasteiger partial charge is 0.411 e. The van der Waals surface area contributed by atoms with E-state index >= 15 is 0 Å². The molecule has 0 aromatic heterocycles. The van der Waals surface area contributed by atoms with E-state index < -0.39 is 9.84 Å². The van der Waals surface area contributed by atoms with E-state index in [1.807, 2.05) is 25.7 Å². The van der Waals surface area contributed by atoms with Crippen molar-refractivity contribution >= 4 is 21.8 Å². The highest BCUT2D eigenvalue weighted by Gasteiger charge is 2.48. The molecule has 1 aliphatic carbocycles. The van der Waals surface area contributed by atoms with Gasteiger partial charge >= 0.3 is 6.09 Å². The van der Waals surface area contributed by atoms with E-state index in [2.05, 4.69) is 5.32 Å². The standard InChI is InChI=1S/C21H37N3O5S/c1-13(2)29-21(26)23-12-14(3)24(15(4)25)19-11-10-18(22-20(19)23)16-6-8-17(9-7-16)30(5,27)28/h13-14,16-20,22H,6-12H2,1-5H3/t14-,16?,17?,18?,19?,20?/m0/s1. The van der Waals surface area contributed by atoms with Crippen molar-refractivity contribution in [3.05, 3.63) is 0 Å². The van der Waals surface area contributed by atoms with Crippen molar-refractivity contribution in [3.8, 4) is 0 Å². The average molecular weight is 444 g/mol. The number of rotatable bonds is 3. The molecule has 0 bridgehead atoms. The molecule has 8 nitrogen and oxygen atoms in total. The molecule has 172 valence electrons. The van der Waals surface area contributed by atoms with Gasteiger partial charge in [-0.05, 0) is 65.2 Å². The summed E-state index contributed by atoms with van der Waals surface area (Å²) in [5.41, 5.74) is 0. The highest BCUT2D eigenvalue weighted by atomic mass is 32.2. The Labute approximate surface area is 180 Å². The number of piperazine rings is 1.